The Morgan fingerprint density at radius 1 is 1.47 bits per heavy atom. The zero-order valence-electron chi connectivity index (χ0n) is 11.5. The quantitative estimate of drug-likeness (QED) is 0.452. The van der Waals surface area contributed by atoms with Gasteiger partial charge in [-0.3, -0.25) is 10.1 Å². The number of nitro groups is 1. The number of hydrogen-bond acceptors (Lipinski definition) is 5. The average molecular weight is 284 g/mol. The molecule has 5 nitrogen and oxygen atoms in total. The van der Waals surface area contributed by atoms with E-state index < -0.39 is 4.92 Å². The molecule has 0 aliphatic rings. The Hall–Kier alpha value is -1.27. The van der Waals surface area contributed by atoms with Crippen molar-refractivity contribution in [2.24, 2.45) is 0 Å². The molecule has 0 amide bonds. The van der Waals surface area contributed by atoms with Crippen LogP contribution in [-0.2, 0) is 6.54 Å². The first-order chi connectivity index (χ1) is 9.04. The highest BCUT2D eigenvalue weighted by Gasteiger charge is 2.15. The number of nitro benzene ring substituents is 1. The SMILES string of the molecule is CSCCOc1ccc(CNC(C)C)cc1[N+](=O)[O-]. The fourth-order valence-corrected chi connectivity index (χ4v) is 1.74. The van der Waals surface area contributed by atoms with Crippen molar-refractivity contribution in [2.45, 2.75) is 26.4 Å². The first-order valence-corrected chi connectivity index (χ1v) is 7.56. The van der Waals surface area contributed by atoms with Crippen LogP contribution >= 0.6 is 11.8 Å². The van der Waals surface area contributed by atoms with Crippen LogP contribution in [0.15, 0.2) is 18.2 Å². The maximum Gasteiger partial charge on any atom is 0.311 e. The molecule has 1 aromatic carbocycles. The van der Waals surface area contributed by atoms with Gasteiger partial charge in [0.2, 0.25) is 0 Å². The van der Waals surface area contributed by atoms with Crippen LogP contribution in [0, 0.1) is 10.1 Å². The topological polar surface area (TPSA) is 64.4 Å². The van der Waals surface area contributed by atoms with Gasteiger partial charge >= 0.3 is 5.69 Å². The molecule has 1 N–H and O–H groups in total. The molecule has 1 aromatic rings. The number of rotatable bonds is 8. The highest BCUT2D eigenvalue weighted by Crippen LogP contribution is 2.28. The first-order valence-electron chi connectivity index (χ1n) is 6.17. The minimum Gasteiger partial charge on any atom is -0.486 e. The van der Waals surface area contributed by atoms with Crippen molar-refractivity contribution < 1.29 is 9.66 Å². The van der Waals surface area contributed by atoms with E-state index in [1.807, 2.05) is 26.2 Å². The molecule has 19 heavy (non-hydrogen) atoms. The van der Waals surface area contributed by atoms with Crippen molar-refractivity contribution in [3.8, 4) is 5.75 Å². The zero-order valence-corrected chi connectivity index (χ0v) is 12.3. The standard InChI is InChI=1S/C13H20N2O3S/c1-10(2)14-9-11-4-5-13(18-6-7-19-3)12(8-11)15(16)17/h4-5,8,10,14H,6-7,9H2,1-3H3. The molecule has 0 bridgehead atoms. The van der Waals surface area contributed by atoms with Crippen LogP contribution < -0.4 is 10.1 Å². The fraction of sp³-hybridized carbons (Fsp3) is 0.538. The summed E-state index contributed by atoms with van der Waals surface area (Å²) in [6, 6.07) is 5.45. The highest BCUT2D eigenvalue weighted by molar-refractivity contribution is 7.98. The maximum atomic E-state index is 11.0. The minimum atomic E-state index is -0.396. The van der Waals surface area contributed by atoms with Gasteiger partial charge in [-0.2, -0.15) is 11.8 Å². The van der Waals surface area contributed by atoms with E-state index in [1.165, 1.54) is 0 Å². The second-order valence-corrected chi connectivity index (χ2v) is 5.42. The van der Waals surface area contributed by atoms with Crippen LogP contribution in [0.4, 0.5) is 5.69 Å². The summed E-state index contributed by atoms with van der Waals surface area (Å²) in [4.78, 5) is 10.6. The van der Waals surface area contributed by atoms with Gasteiger partial charge in [-0.25, -0.2) is 0 Å². The molecule has 1 rings (SSSR count). The summed E-state index contributed by atoms with van der Waals surface area (Å²) in [5, 5.41) is 14.3. The second kappa shape index (κ2) is 8.01. The van der Waals surface area contributed by atoms with Crippen molar-refractivity contribution in [3.05, 3.63) is 33.9 Å². The number of hydrogen-bond donors (Lipinski definition) is 1. The summed E-state index contributed by atoms with van der Waals surface area (Å²) >= 11 is 1.64. The fourth-order valence-electron chi connectivity index (χ4n) is 1.49. The first kappa shape index (κ1) is 15.8. The van der Waals surface area contributed by atoms with Gasteiger partial charge in [0.25, 0.3) is 0 Å². The van der Waals surface area contributed by atoms with Crippen LogP contribution in [-0.4, -0.2) is 29.6 Å². The number of nitrogens with zero attached hydrogens (tertiary/aromatic N) is 1. The Labute approximate surface area is 117 Å². The zero-order chi connectivity index (χ0) is 14.3. The second-order valence-electron chi connectivity index (χ2n) is 4.44. The summed E-state index contributed by atoms with van der Waals surface area (Å²) in [7, 11) is 0. The van der Waals surface area contributed by atoms with E-state index in [-0.39, 0.29) is 5.69 Å². The van der Waals surface area contributed by atoms with E-state index >= 15 is 0 Å². The summed E-state index contributed by atoms with van der Waals surface area (Å²) in [6.07, 6.45) is 1.97. The molecule has 0 atom stereocenters. The van der Waals surface area contributed by atoms with Crippen molar-refractivity contribution >= 4 is 17.4 Å². The highest BCUT2D eigenvalue weighted by atomic mass is 32.2. The van der Waals surface area contributed by atoms with Crippen molar-refractivity contribution in [2.75, 3.05) is 18.6 Å². The molecule has 0 spiro atoms. The predicted molar refractivity (Wildman–Crippen MR) is 78.9 cm³/mol. The van der Waals surface area contributed by atoms with E-state index in [9.17, 15) is 10.1 Å². The predicted octanol–water partition coefficient (Wildman–Crippen LogP) is 2.83. The minimum absolute atomic E-state index is 0.0316. The number of nitrogens with one attached hydrogen (secondary N) is 1. The summed E-state index contributed by atoms with van der Waals surface area (Å²) in [5.74, 6) is 1.15. The Kier molecular flexibility index (Phi) is 6.66. The molecule has 6 heteroatoms. The third kappa shape index (κ3) is 5.48. The largest absolute Gasteiger partial charge is 0.486 e. The molecule has 0 aliphatic heterocycles. The van der Waals surface area contributed by atoms with Crippen molar-refractivity contribution in [3.63, 3.8) is 0 Å². The monoisotopic (exact) mass is 284 g/mol. The molecule has 0 saturated heterocycles. The van der Waals surface area contributed by atoms with E-state index in [2.05, 4.69) is 5.32 Å². The van der Waals surface area contributed by atoms with Crippen LogP contribution in [0.25, 0.3) is 0 Å². The normalized spacial score (nSPS) is 10.7. The Balaban J connectivity index is 2.79. The Morgan fingerprint density at radius 2 is 2.21 bits per heavy atom. The van der Waals surface area contributed by atoms with Gasteiger partial charge in [-0.05, 0) is 17.9 Å². The smallest absolute Gasteiger partial charge is 0.311 e. The Morgan fingerprint density at radius 3 is 2.79 bits per heavy atom. The van der Waals surface area contributed by atoms with Gasteiger partial charge in [0.15, 0.2) is 5.75 Å². The van der Waals surface area contributed by atoms with Gasteiger partial charge in [0.1, 0.15) is 0 Å². The number of ether oxygens (including phenoxy) is 1. The lowest BCUT2D eigenvalue weighted by molar-refractivity contribution is -0.385. The van der Waals surface area contributed by atoms with Gasteiger partial charge < -0.3 is 10.1 Å². The summed E-state index contributed by atoms with van der Waals surface area (Å²) in [5.41, 5.74) is 0.918. The summed E-state index contributed by atoms with van der Waals surface area (Å²) < 4.78 is 5.44. The van der Waals surface area contributed by atoms with Crippen molar-refractivity contribution in [1.29, 1.82) is 0 Å². The van der Waals surface area contributed by atoms with Gasteiger partial charge in [0, 0.05) is 24.4 Å². The lowest BCUT2D eigenvalue weighted by Gasteiger charge is -2.10. The van der Waals surface area contributed by atoms with Gasteiger partial charge in [0.05, 0.1) is 11.5 Å². The summed E-state index contributed by atoms with van der Waals surface area (Å²) in [6.45, 7) is 5.16. The molecular weight excluding hydrogens is 264 g/mol. The van der Waals surface area contributed by atoms with Crippen LogP contribution in [0.3, 0.4) is 0 Å². The molecule has 0 radical (unpaired) electrons. The van der Waals surface area contributed by atoms with Crippen LogP contribution in [0.1, 0.15) is 19.4 Å². The molecule has 0 unspecified atom stereocenters. The van der Waals surface area contributed by atoms with E-state index in [4.69, 9.17) is 4.74 Å². The maximum absolute atomic E-state index is 11.0. The molecule has 106 valence electrons. The number of benzene rings is 1. The van der Waals surface area contributed by atoms with Gasteiger partial charge in [-0.1, -0.05) is 19.9 Å². The van der Waals surface area contributed by atoms with Gasteiger partial charge in [-0.15, -0.1) is 0 Å². The van der Waals surface area contributed by atoms with E-state index in [0.29, 0.717) is 24.9 Å². The molecule has 0 heterocycles. The average Bonchev–Trinajstić information content (AvgIpc) is 2.37. The number of thioether (sulfide) groups is 1. The Bertz CT molecular complexity index is 424. The van der Waals surface area contributed by atoms with E-state index in [1.54, 1.807) is 23.9 Å². The van der Waals surface area contributed by atoms with Crippen LogP contribution in [0.2, 0.25) is 0 Å². The lowest BCUT2D eigenvalue weighted by Crippen LogP contribution is -2.21. The molecular formula is C13H20N2O3S. The van der Waals surface area contributed by atoms with E-state index in [0.717, 1.165) is 11.3 Å². The third-order valence-electron chi connectivity index (χ3n) is 2.48. The lowest BCUT2D eigenvalue weighted by atomic mass is 10.2. The molecule has 0 saturated carbocycles. The third-order valence-corrected chi connectivity index (χ3v) is 3.05. The van der Waals surface area contributed by atoms with Crippen LogP contribution in [0.5, 0.6) is 5.75 Å². The molecule has 0 aromatic heterocycles. The molecule has 0 aliphatic carbocycles. The molecule has 0 fully saturated rings. The van der Waals surface area contributed by atoms with Crippen molar-refractivity contribution in [1.82, 2.24) is 5.32 Å².